The predicted octanol–water partition coefficient (Wildman–Crippen LogP) is 3.22. The Morgan fingerprint density at radius 3 is 2.56 bits per heavy atom. The van der Waals surface area contributed by atoms with Gasteiger partial charge >= 0.3 is 5.97 Å². The molecule has 1 saturated carbocycles. The van der Waals surface area contributed by atoms with Crippen molar-refractivity contribution in [3.05, 3.63) is 29.8 Å². The van der Waals surface area contributed by atoms with Crippen LogP contribution in [-0.4, -0.2) is 48.2 Å². The van der Waals surface area contributed by atoms with Gasteiger partial charge in [-0.15, -0.1) is 0 Å². The van der Waals surface area contributed by atoms with Crippen LogP contribution in [-0.2, 0) is 9.53 Å². The van der Waals surface area contributed by atoms with Crippen molar-refractivity contribution in [1.29, 1.82) is 0 Å². The highest BCUT2D eigenvalue weighted by Crippen LogP contribution is 2.41. The molecule has 0 N–H and O–H groups in total. The van der Waals surface area contributed by atoms with Crippen molar-refractivity contribution < 1.29 is 14.3 Å². The number of fused-ring (bicyclic) bond motifs is 1. The third-order valence-electron chi connectivity index (χ3n) is 6.18. The molecule has 0 aromatic heterocycles. The number of anilines is 1. The van der Waals surface area contributed by atoms with Crippen LogP contribution in [0.1, 0.15) is 55.8 Å². The average molecular weight is 369 g/mol. The second-order valence-electron chi connectivity index (χ2n) is 7.85. The maximum absolute atomic E-state index is 13.3. The molecule has 3 aliphatic rings. The molecule has 4 rings (SSSR count). The summed E-state index contributed by atoms with van der Waals surface area (Å²) >= 11 is 0. The van der Waals surface area contributed by atoms with Gasteiger partial charge in [0.05, 0.1) is 12.8 Å². The summed E-state index contributed by atoms with van der Waals surface area (Å²) in [7, 11) is 1.40. The van der Waals surface area contributed by atoms with Gasteiger partial charge in [-0.1, -0.05) is 12.8 Å². The Balaban J connectivity index is 1.57. The maximum atomic E-state index is 13.3. The van der Waals surface area contributed by atoms with Crippen molar-refractivity contribution in [2.45, 2.75) is 57.5 Å². The SMILES string of the molecule is COC(=O)[C@@H]1C[C@@H]2CCCC[C@@H]2N1C(=O)c1ccc(N2CCC(C)=N2)cc1. The van der Waals surface area contributed by atoms with Crippen LogP contribution < -0.4 is 5.01 Å². The van der Waals surface area contributed by atoms with E-state index in [0.29, 0.717) is 11.5 Å². The molecule has 6 heteroatoms. The quantitative estimate of drug-likeness (QED) is 0.768. The Morgan fingerprint density at radius 2 is 1.89 bits per heavy atom. The van der Waals surface area contributed by atoms with E-state index in [2.05, 4.69) is 5.10 Å². The van der Waals surface area contributed by atoms with Crippen LogP contribution in [0, 0.1) is 5.92 Å². The van der Waals surface area contributed by atoms with Crippen LogP contribution in [0.15, 0.2) is 29.4 Å². The Morgan fingerprint density at radius 1 is 1.15 bits per heavy atom. The first kappa shape index (κ1) is 18.0. The zero-order chi connectivity index (χ0) is 19.0. The molecule has 1 aromatic rings. The lowest BCUT2D eigenvalue weighted by molar-refractivity contribution is -0.145. The topological polar surface area (TPSA) is 62.2 Å². The molecular weight excluding hydrogens is 342 g/mol. The summed E-state index contributed by atoms with van der Waals surface area (Å²) in [5.74, 6) is 0.0525. The number of benzene rings is 1. The third kappa shape index (κ3) is 3.33. The van der Waals surface area contributed by atoms with Crippen molar-refractivity contribution in [2.75, 3.05) is 18.7 Å². The van der Waals surface area contributed by atoms with Crippen LogP contribution >= 0.6 is 0 Å². The first-order valence-corrected chi connectivity index (χ1v) is 9.90. The van der Waals surface area contributed by atoms with E-state index >= 15 is 0 Å². The van der Waals surface area contributed by atoms with Gasteiger partial charge in [0.1, 0.15) is 6.04 Å². The number of hydrazone groups is 1. The number of amides is 1. The zero-order valence-electron chi connectivity index (χ0n) is 16.1. The van der Waals surface area contributed by atoms with Crippen LogP contribution in [0.5, 0.6) is 0 Å². The average Bonchev–Trinajstić information content (AvgIpc) is 3.30. The Kier molecular flexibility index (Phi) is 4.89. The minimum atomic E-state index is -0.457. The van der Waals surface area contributed by atoms with Gasteiger partial charge in [-0.25, -0.2) is 4.79 Å². The van der Waals surface area contributed by atoms with Gasteiger partial charge in [0.15, 0.2) is 0 Å². The molecule has 2 fully saturated rings. The van der Waals surface area contributed by atoms with Gasteiger partial charge < -0.3 is 9.64 Å². The van der Waals surface area contributed by atoms with Crippen molar-refractivity contribution in [2.24, 2.45) is 11.0 Å². The maximum Gasteiger partial charge on any atom is 0.328 e. The zero-order valence-corrected chi connectivity index (χ0v) is 16.1. The van der Waals surface area contributed by atoms with Crippen LogP contribution in [0.3, 0.4) is 0 Å². The van der Waals surface area contributed by atoms with Crippen molar-refractivity contribution in [3.63, 3.8) is 0 Å². The summed E-state index contributed by atoms with van der Waals surface area (Å²) in [5.41, 5.74) is 2.74. The Hall–Kier alpha value is -2.37. The molecule has 0 unspecified atom stereocenters. The molecule has 1 amide bonds. The highest BCUT2D eigenvalue weighted by molar-refractivity contribution is 5.98. The smallest absolute Gasteiger partial charge is 0.328 e. The summed E-state index contributed by atoms with van der Waals surface area (Å²) in [4.78, 5) is 27.4. The second-order valence-corrected chi connectivity index (χ2v) is 7.85. The number of methoxy groups -OCH3 is 1. The molecule has 0 spiro atoms. The molecular formula is C21H27N3O3. The van der Waals surface area contributed by atoms with E-state index in [-0.39, 0.29) is 17.9 Å². The number of nitrogens with zero attached hydrogens (tertiary/aromatic N) is 3. The fraction of sp³-hybridized carbons (Fsp3) is 0.571. The monoisotopic (exact) mass is 369 g/mol. The number of rotatable bonds is 3. The number of esters is 1. The predicted molar refractivity (Wildman–Crippen MR) is 104 cm³/mol. The molecule has 2 heterocycles. The van der Waals surface area contributed by atoms with E-state index in [1.54, 1.807) is 0 Å². The molecule has 144 valence electrons. The van der Waals surface area contributed by atoms with Crippen LogP contribution in [0.2, 0.25) is 0 Å². The van der Waals surface area contributed by atoms with Gasteiger partial charge in [-0.2, -0.15) is 5.10 Å². The second kappa shape index (κ2) is 7.33. The lowest BCUT2D eigenvalue weighted by Gasteiger charge is -2.33. The van der Waals surface area contributed by atoms with E-state index in [1.165, 1.54) is 13.5 Å². The molecule has 2 aliphatic heterocycles. The van der Waals surface area contributed by atoms with E-state index in [1.807, 2.05) is 41.1 Å². The highest BCUT2D eigenvalue weighted by atomic mass is 16.5. The standard InChI is InChI=1S/C21H27N3O3/c1-14-11-12-23(22-14)17-9-7-15(8-10-17)20(25)24-18-6-4-3-5-16(18)13-19(24)21(26)27-2/h7-10,16,18-19H,3-6,11-13H2,1-2H3/t16-,18-,19-/m0/s1. The van der Waals surface area contributed by atoms with Gasteiger partial charge in [0, 0.05) is 30.3 Å². The van der Waals surface area contributed by atoms with Gasteiger partial charge in [-0.05, 0) is 56.4 Å². The van der Waals surface area contributed by atoms with Gasteiger partial charge in [0.25, 0.3) is 5.91 Å². The van der Waals surface area contributed by atoms with Crippen LogP contribution in [0.25, 0.3) is 0 Å². The van der Waals surface area contributed by atoms with Crippen molar-refractivity contribution in [1.82, 2.24) is 4.90 Å². The summed E-state index contributed by atoms with van der Waals surface area (Å²) in [5, 5.41) is 6.47. The molecule has 3 atom stereocenters. The van der Waals surface area contributed by atoms with E-state index in [4.69, 9.17) is 4.74 Å². The molecule has 6 nitrogen and oxygen atoms in total. The summed E-state index contributed by atoms with van der Waals surface area (Å²) in [6.07, 6.45) is 6.06. The summed E-state index contributed by atoms with van der Waals surface area (Å²) in [6.45, 7) is 2.90. The normalized spacial score (nSPS) is 27.3. The van der Waals surface area contributed by atoms with Crippen LogP contribution in [0.4, 0.5) is 5.69 Å². The number of likely N-dealkylation sites (tertiary alicyclic amines) is 1. The number of hydrogen-bond donors (Lipinski definition) is 0. The number of carbonyl (C=O) groups is 2. The minimum absolute atomic E-state index is 0.0625. The van der Waals surface area contributed by atoms with Gasteiger partial charge in [-0.3, -0.25) is 9.80 Å². The first-order valence-electron chi connectivity index (χ1n) is 9.90. The summed E-state index contributed by atoms with van der Waals surface area (Å²) < 4.78 is 5.00. The van der Waals surface area contributed by atoms with Gasteiger partial charge in [0.2, 0.25) is 0 Å². The lowest BCUT2D eigenvalue weighted by atomic mass is 9.84. The third-order valence-corrected chi connectivity index (χ3v) is 6.18. The lowest BCUT2D eigenvalue weighted by Crippen LogP contribution is -2.46. The Bertz CT molecular complexity index is 758. The number of carbonyl (C=O) groups excluding carboxylic acids is 2. The molecule has 0 radical (unpaired) electrons. The van der Waals surface area contributed by atoms with Crippen molar-refractivity contribution in [3.8, 4) is 0 Å². The minimum Gasteiger partial charge on any atom is -0.467 e. The molecule has 27 heavy (non-hydrogen) atoms. The molecule has 1 saturated heterocycles. The largest absolute Gasteiger partial charge is 0.467 e. The Labute approximate surface area is 160 Å². The van der Waals surface area contributed by atoms with Crippen molar-refractivity contribution >= 4 is 23.3 Å². The fourth-order valence-corrected chi connectivity index (χ4v) is 4.78. The molecule has 0 bridgehead atoms. The molecule has 1 aliphatic carbocycles. The first-order chi connectivity index (χ1) is 13.1. The van der Waals surface area contributed by atoms with E-state index in [9.17, 15) is 9.59 Å². The van der Waals surface area contributed by atoms with E-state index < -0.39 is 6.04 Å². The molecule has 1 aromatic carbocycles. The number of ether oxygens (including phenoxy) is 1. The fourth-order valence-electron chi connectivity index (χ4n) is 4.78. The van der Waals surface area contributed by atoms with E-state index in [0.717, 1.165) is 50.0 Å². The summed E-state index contributed by atoms with van der Waals surface area (Å²) in [6, 6.07) is 7.28. The number of hydrogen-bond acceptors (Lipinski definition) is 5. The highest BCUT2D eigenvalue weighted by Gasteiger charge is 2.48.